The second-order valence-corrected chi connectivity index (χ2v) is 4.67. The minimum atomic E-state index is -0.304. The molecule has 0 saturated heterocycles. The van der Waals surface area contributed by atoms with Gasteiger partial charge in [-0.3, -0.25) is 4.79 Å². The summed E-state index contributed by atoms with van der Waals surface area (Å²) in [5.74, 6) is 5.70. The van der Waals surface area contributed by atoms with Crippen LogP contribution in [0.15, 0.2) is 36.7 Å². The van der Waals surface area contributed by atoms with Crippen LogP contribution in [0.4, 0.5) is 11.5 Å². The molecule has 1 amide bonds. The molecule has 0 aliphatic rings. The van der Waals surface area contributed by atoms with Crippen molar-refractivity contribution in [1.82, 2.24) is 9.97 Å². The zero-order valence-electron chi connectivity index (χ0n) is 11.4. The SMILES string of the molecule is CC(C)c1cccc(NC(=O)c2cnc(NN)cn2)c1. The monoisotopic (exact) mass is 271 g/mol. The quantitative estimate of drug-likeness (QED) is 0.585. The van der Waals surface area contributed by atoms with Gasteiger partial charge >= 0.3 is 0 Å². The van der Waals surface area contributed by atoms with E-state index >= 15 is 0 Å². The predicted octanol–water partition coefficient (Wildman–Crippen LogP) is 2.14. The van der Waals surface area contributed by atoms with Crippen LogP contribution in [0.1, 0.15) is 35.8 Å². The molecule has 2 aromatic rings. The van der Waals surface area contributed by atoms with E-state index in [1.165, 1.54) is 12.4 Å². The lowest BCUT2D eigenvalue weighted by molar-refractivity contribution is 0.102. The first kappa shape index (κ1) is 14.0. The standard InChI is InChI=1S/C14H17N5O/c1-9(2)10-4-3-5-11(6-10)18-14(20)12-7-17-13(19-15)8-16-12/h3-9H,15H2,1-2H3,(H,17,19)(H,18,20). The number of nitrogens with two attached hydrogens (primary N) is 1. The van der Waals surface area contributed by atoms with E-state index in [9.17, 15) is 4.79 Å². The molecule has 0 atom stereocenters. The predicted molar refractivity (Wildman–Crippen MR) is 78.3 cm³/mol. The van der Waals surface area contributed by atoms with E-state index in [0.29, 0.717) is 11.7 Å². The number of carbonyl (C=O) groups excluding carboxylic acids is 1. The largest absolute Gasteiger partial charge is 0.321 e. The Bertz CT molecular complexity index is 595. The van der Waals surface area contributed by atoms with Crippen molar-refractivity contribution in [2.45, 2.75) is 19.8 Å². The Balaban J connectivity index is 2.12. The first-order chi connectivity index (χ1) is 9.60. The molecule has 6 nitrogen and oxygen atoms in total. The van der Waals surface area contributed by atoms with Crippen molar-refractivity contribution in [3.63, 3.8) is 0 Å². The van der Waals surface area contributed by atoms with E-state index in [-0.39, 0.29) is 11.6 Å². The molecule has 0 aliphatic carbocycles. The summed E-state index contributed by atoms with van der Waals surface area (Å²) >= 11 is 0. The van der Waals surface area contributed by atoms with Gasteiger partial charge in [-0.05, 0) is 23.6 Å². The Morgan fingerprint density at radius 3 is 2.65 bits per heavy atom. The molecule has 0 radical (unpaired) electrons. The summed E-state index contributed by atoms with van der Waals surface area (Å²) in [6, 6.07) is 7.73. The van der Waals surface area contributed by atoms with Gasteiger partial charge in [-0.25, -0.2) is 15.8 Å². The van der Waals surface area contributed by atoms with Gasteiger partial charge in [0.1, 0.15) is 5.69 Å². The van der Waals surface area contributed by atoms with Gasteiger partial charge in [0, 0.05) is 5.69 Å². The summed E-state index contributed by atoms with van der Waals surface area (Å²) in [6.07, 6.45) is 2.77. The fraction of sp³-hybridized carbons (Fsp3) is 0.214. The second kappa shape index (κ2) is 6.12. The number of nitrogen functional groups attached to an aromatic ring is 1. The third kappa shape index (κ3) is 3.30. The number of amides is 1. The van der Waals surface area contributed by atoms with Crippen LogP contribution < -0.4 is 16.6 Å². The summed E-state index contributed by atoms with van der Waals surface area (Å²) in [7, 11) is 0. The van der Waals surface area contributed by atoms with Gasteiger partial charge in [0.05, 0.1) is 12.4 Å². The number of aromatic nitrogens is 2. The van der Waals surface area contributed by atoms with E-state index in [4.69, 9.17) is 5.84 Å². The summed E-state index contributed by atoms with van der Waals surface area (Å²) < 4.78 is 0. The van der Waals surface area contributed by atoms with Crippen molar-refractivity contribution in [2.24, 2.45) is 5.84 Å². The number of hydrogen-bond donors (Lipinski definition) is 3. The lowest BCUT2D eigenvalue weighted by atomic mass is 10.0. The maximum absolute atomic E-state index is 12.0. The third-order valence-corrected chi connectivity index (χ3v) is 2.84. The molecule has 0 unspecified atom stereocenters. The average molecular weight is 271 g/mol. The van der Waals surface area contributed by atoms with E-state index in [2.05, 4.69) is 34.6 Å². The Kier molecular flexibility index (Phi) is 4.27. The van der Waals surface area contributed by atoms with Crippen molar-refractivity contribution in [1.29, 1.82) is 0 Å². The van der Waals surface area contributed by atoms with Gasteiger partial charge in [0.2, 0.25) is 0 Å². The molecule has 1 heterocycles. The number of anilines is 2. The van der Waals surface area contributed by atoms with Gasteiger partial charge in [0.25, 0.3) is 5.91 Å². The Hall–Kier alpha value is -2.47. The molecule has 0 spiro atoms. The normalized spacial score (nSPS) is 10.4. The molecule has 6 heteroatoms. The molecule has 0 fully saturated rings. The number of hydrogen-bond acceptors (Lipinski definition) is 5. The second-order valence-electron chi connectivity index (χ2n) is 4.67. The van der Waals surface area contributed by atoms with Crippen LogP contribution in [0.25, 0.3) is 0 Å². The summed E-state index contributed by atoms with van der Waals surface area (Å²) in [4.78, 5) is 20.0. The molecular weight excluding hydrogens is 254 g/mol. The highest BCUT2D eigenvalue weighted by atomic mass is 16.1. The molecule has 104 valence electrons. The van der Waals surface area contributed by atoms with Crippen molar-refractivity contribution < 1.29 is 4.79 Å². The van der Waals surface area contributed by atoms with Crippen molar-refractivity contribution in [2.75, 3.05) is 10.7 Å². The Labute approximate surface area is 117 Å². The maximum atomic E-state index is 12.0. The van der Waals surface area contributed by atoms with Gasteiger partial charge in [-0.1, -0.05) is 26.0 Å². The molecular formula is C14H17N5O. The highest BCUT2D eigenvalue weighted by Crippen LogP contribution is 2.18. The minimum Gasteiger partial charge on any atom is -0.321 e. The first-order valence-corrected chi connectivity index (χ1v) is 6.30. The highest BCUT2D eigenvalue weighted by molar-refractivity contribution is 6.02. The van der Waals surface area contributed by atoms with E-state index in [1.54, 1.807) is 0 Å². The topological polar surface area (TPSA) is 92.9 Å². The van der Waals surface area contributed by atoms with Crippen LogP contribution in [0.5, 0.6) is 0 Å². The van der Waals surface area contributed by atoms with Gasteiger partial charge < -0.3 is 10.7 Å². The lowest BCUT2D eigenvalue weighted by Gasteiger charge is -2.09. The van der Waals surface area contributed by atoms with Crippen LogP contribution in [-0.2, 0) is 0 Å². The first-order valence-electron chi connectivity index (χ1n) is 6.30. The number of carbonyl (C=O) groups is 1. The fourth-order valence-corrected chi connectivity index (χ4v) is 1.69. The molecule has 1 aromatic heterocycles. The Morgan fingerprint density at radius 1 is 1.25 bits per heavy atom. The fourth-order valence-electron chi connectivity index (χ4n) is 1.69. The van der Waals surface area contributed by atoms with Crippen LogP contribution >= 0.6 is 0 Å². The van der Waals surface area contributed by atoms with Crippen LogP contribution in [0.2, 0.25) is 0 Å². The van der Waals surface area contributed by atoms with Gasteiger partial charge in [-0.15, -0.1) is 0 Å². The Morgan fingerprint density at radius 2 is 2.05 bits per heavy atom. The maximum Gasteiger partial charge on any atom is 0.275 e. The van der Waals surface area contributed by atoms with Crippen LogP contribution in [0.3, 0.4) is 0 Å². The highest BCUT2D eigenvalue weighted by Gasteiger charge is 2.09. The number of nitrogens with one attached hydrogen (secondary N) is 2. The number of hydrazine groups is 1. The summed E-state index contributed by atoms with van der Waals surface area (Å²) in [6.45, 7) is 4.20. The molecule has 0 saturated carbocycles. The average Bonchev–Trinajstić information content (AvgIpc) is 2.47. The molecule has 4 N–H and O–H groups in total. The molecule has 2 rings (SSSR count). The molecule has 0 bridgehead atoms. The van der Waals surface area contributed by atoms with Crippen molar-refractivity contribution >= 4 is 17.4 Å². The molecule has 20 heavy (non-hydrogen) atoms. The molecule has 0 aliphatic heterocycles. The van der Waals surface area contributed by atoms with E-state index in [0.717, 1.165) is 11.3 Å². The van der Waals surface area contributed by atoms with Gasteiger partial charge in [-0.2, -0.15) is 0 Å². The minimum absolute atomic E-state index is 0.235. The number of rotatable bonds is 4. The number of benzene rings is 1. The zero-order valence-corrected chi connectivity index (χ0v) is 11.4. The van der Waals surface area contributed by atoms with Crippen molar-refractivity contribution in [3.8, 4) is 0 Å². The zero-order chi connectivity index (χ0) is 14.5. The number of nitrogens with zero attached hydrogens (tertiary/aromatic N) is 2. The van der Waals surface area contributed by atoms with Crippen LogP contribution in [-0.4, -0.2) is 15.9 Å². The third-order valence-electron chi connectivity index (χ3n) is 2.84. The smallest absolute Gasteiger partial charge is 0.275 e. The summed E-state index contributed by atoms with van der Waals surface area (Å²) in [5.41, 5.74) is 4.50. The lowest BCUT2D eigenvalue weighted by Crippen LogP contribution is -2.15. The molecule has 1 aromatic carbocycles. The van der Waals surface area contributed by atoms with E-state index < -0.39 is 0 Å². The van der Waals surface area contributed by atoms with Gasteiger partial charge in [0.15, 0.2) is 5.82 Å². The summed E-state index contributed by atoms with van der Waals surface area (Å²) in [5, 5.41) is 2.80. The van der Waals surface area contributed by atoms with Crippen molar-refractivity contribution in [3.05, 3.63) is 47.9 Å². The van der Waals surface area contributed by atoms with Crippen LogP contribution in [0, 0.1) is 0 Å². The van der Waals surface area contributed by atoms with E-state index in [1.807, 2.05) is 24.3 Å².